The van der Waals surface area contributed by atoms with Crippen molar-refractivity contribution in [2.45, 2.75) is 26.8 Å². The number of piperazine rings is 1. The van der Waals surface area contributed by atoms with E-state index in [1.165, 1.54) is 4.90 Å². The number of H-pyrrole nitrogens is 1. The van der Waals surface area contributed by atoms with Gasteiger partial charge in [-0.15, -0.1) is 0 Å². The second kappa shape index (κ2) is 7.84. The number of fused-ring (bicyclic) bond motifs is 1. The number of carbonyl (C=O) groups excluding carboxylic acids is 2. The van der Waals surface area contributed by atoms with E-state index < -0.39 is 0 Å². The van der Waals surface area contributed by atoms with Crippen LogP contribution < -0.4 is 9.80 Å². The number of carbonyl (C=O) groups is 2. The predicted octanol–water partition coefficient (Wildman–Crippen LogP) is 2.66. The molecule has 4 rings (SSSR count). The van der Waals surface area contributed by atoms with Gasteiger partial charge in [-0.05, 0) is 51.1 Å². The number of hydrogen-bond acceptors (Lipinski definition) is 3. The van der Waals surface area contributed by atoms with Crippen LogP contribution in [0.25, 0.3) is 10.9 Å². The van der Waals surface area contributed by atoms with Gasteiger partial charge in [-0.2, -0.15) is 0 Å². The second-order valence-corrected chi connectivity index (χ2v) is 8.00. The van der Waals surface area contributed by atoms with Crippen LogP contribution >= 0.6 is 0 Å². The SMILES string of the molecule is CC(=O)c1ccc(N2CC[NH+]([C@H](C)C(=O)c3c(C)[nH]c4ccccc34)CC2)cc1. The molecular formula is C24H28N3O2+. The van der Waals surface area contributed by atoms with Crippen molar-refractivity contribution in [3.63, 3.8) is 0 Å². The van der Waals surface area contributed by atoms with Crippen molar-refractivity contribution in [1.29, 1.82) is 0 Å². The highest BCUT2D eigenvalue weighted by Gasteiger charge is 2.32. The van der Waals surface area contributed by atoms with E-state index in [0.29, 0.717) is 0 Å². The molecule has 2 N–H and O–H groups in total. The van der Waals surface area contributed by atoms with E-state index in [-0.39, 0.29) is 17.6 Å². The maximum atomic E-state index is 13.3. The van der Waals surface area contributed by atoms with Gasteiger partial charge in [-0.25, -0.2) is 0 Å². The zero-order valence-corrected chi connectivity index (χ0v) is 17.3. The fraction of sp³-hybridized carbons (Fsp3) is 0.333. The summed E-state index contributed by atoms with van der Waals surface area (Å²) in [6, 6.07) is 15.8. The van der Waals surface area contributed by atoms with Gasteiger partial charge >= 0.3 is 0 Å². The highest BCUT2D eigenvalue weighted by Crippen LogP contribution is 2.23. The summed E-state index contributed by atoms with van der Waals surface area (Å²) in [7, 11) is 0. The number of anilines is 1. The van der Waals surface area contributed by atoms with Crippen molar-refractivity contribution < 1.29 is 14.5 Å². The Hall–Kier alpha value is -2.92. The van der Waals surface area contributed by atoms with E-state index in [9.17, 15) is 9.59 Å². The van der Waals surface area contributed by atoms with E-state index in [1.807, 2.05) is 55.5 Å². The predicted molar refractivity (Wildman–Crippen MR) is 116 cm³/mol. The van der Waals surface area contributed by atoms with Crippen molar-refractivity contribution in [1.82, 2.24) is 4.98 Å². The van der Waals surface area contributed by atoms with Crippen LogP contribution in [0.3, 0.4) is 0 Å². The minimum absolute atomic E-state index is 0.0739. The number of Topliss-reactive ketones (excluding diaryl/α,β-unsaturated/α-hetero) is 2. The number of aromatic nitrogens is 1. The first-order valence-electron chi connectivity index (χ1n) is 10.3. The molecule has 0 radical (unpaired) electrons. The van der Waals surface area contributed by atoms with E-state index in [2.05, 4.69) is 16.8 Å². The summed E-state index contributed by atoms with van der Waals surface area (Å²) in [5.74, 6) is 0.305. The van der Waals surface area contributed by atoms with Gasteiger partial charge in [0.15, 0.2) is 5.78 Å². The highest BCUT2D eigenvalue weighted by molar-refractivity contribution is 6.10. The van der Waals surface area contributed by atoms with Crippen molar-refractivity contribution in [2.75, 3.05) is 31.1 Å². The number of rotatable bonds is 5. The first-order valence-corrected chi connectivity index (χ1v) is 10.3. The van der Waals surface area contributed by atoms with Crippen LogP contribution in [0.4, 0.5) is 5.69 Å². The zero-order valence-electron chi connectivity index (χ0n) is 17.3. The Morgan fingerprint density at radius 1 is 1.03 bits per heavy atom. The Morgan fingerprint density at radius 3 is 2.34 bits per heavy atom. The lowest BCUT2D eigenvalue weighted by Gasteiger charge is -2.36. The average molecular weight is 391 g/mol. The molecule has 5 nitrogen and oxygen atoms in total. The number of nitrogens with zero attached hydrogens (tertiary/aromatic N) is 1. The number of aryl methyl sites for hydroxylation is 1. The normalized spacial score (nSPS) is 16.2. The number of ketones is 2. The molecule has 1 saturated heterocycles. The van der Waals surface area contributed by atoms with Crippen LogP contribution in [0.15, 0.2) is 48.5 Å². The summed E-state index contributed by atoms with van der Waals surface area (Å²) in [5, 5.41) is 1.02. The Bertz CT molecular complexity index is 1040. The van der Waals surface area contributed by atoms with Crippen molar-refractivity contribution in [3.05, 3.63) is 65.4 Å². The number of para-hydroxylation sites is 1. The fourth-order valence-electron chi connectivity index (χ4n) is 4.39. The van der Waals surface area contributed by atoms with Crippen molar-refractivity contribution in [2.24, 2.45) is 0 Å². The largest absolute Gasteiger partial charge is 0.360 e. The molecule has 0 amide bonds. The zero-order chi connectivity index (χ0) is 20.5. The van der Waals surface area contributed by atoms with Gasteiger partial charge in [0.1, 0.15) is 6.04 Å². The number of hydrogen-bond donors (Lipinski definition) is 2. The first kappa shape index (κ1) is 19.4. The third-order valence-corrected chi connectivity index (χ3v) is 6.19. The standard InChI is InChI=1S/C24H27N3O2/c1-16-23(21-6-4-5-7-22(21)25-16)24(29)17(2)26-12-14-27(15-13-26)20-10-8-19(9-11-20)18(3)28/h4-11,17,25H,12-15H2,1-3H3/p+1/t17-/m1/s1. The fourth-order valence-corrected chi connectivity index (χ4v) is 4.39. The van der Waals surface area contributed by atoms with Crippen molar-refractivity contribution >= 4 is 28.2 Å². The lowest BCUT2D eigenvalue weighted by Crippen LogP contribution is -3.18. The number of quaternary nitrogens is 1. The van der Waals surface area contributed by atoms with Gasteiger partial charge in [-0.1, -0.05) is 18.2 Å². The quantitative estimate of drug-likeness (QED) is 0.659. The maximum Gasteiger partial charge on any atom is 0.222 e. The van der Waals surface area contributed by atoms with Crippen molar-refractivity contribution in [3.8, 4) is 0 Å². The summed E-state index contributed by atoms with van der Waals surface area (Å²) in [6.07, 6.45) is 0. The van der Waals surface area contributed by atoms with Gasteiger partial charge in [0.05, 0.1) is 31.7 Å². The van der Waals surface area contributed by atoms with Gasteiger partial charge in [-0.3, -0.25) is 9.59 Å². The summed E-state index contributed by atoms with van der Waals surface area (Å²) in [5.41, 5.74) is 4.69. The second-order valence-electron chi connectivity index (χ2n) is 8.00. The molecule has 29 heavy (non-hydrogen) atoms. The van der Waals surface area contributed by atoms with Crippen LogP contribution in [0.5, 0.6) is 0 Å². The summed E-state index contributed by atoms with van der Waals surface area (Å²) < 4.78 is 0. The lowest BCUT2D eigenvalue weighted by molar-refractivity contribution is -0.914. The molecular weight excluding hydrogens is 362 g/mol. The number of nitrogens with one attached hydrogen (secondary N) is 2. The van der Waals surface area contributed by atoms with Crippen LogP contribution in [-0.4, -0.2) is 48.8 Å². The molecule has 1 fully saturated rings. The molecule has 2 aromatic carbocycles. The molecule has 1 atom stereocenters. The molecule has 0 saturated carbocycles. The Labute approximate surface area is 171 Å². The van der Waals surface area contributed by atoms with E-state index in [0.717, 1.165) is 59.6 Å². The molecule has 0 aliphatic carbocycles. The molecule has 3 aromatic rings. The Balaban J connectivity index is 1.44. The Morgan fingerprint density at radius 2 is 1.69 bits per heavy atom. The molecule has 0 bridgehead atoms. The van der Waals surface area contributed by atoms with Gasteiger partial charge in [0.2, 0.25) is 5.78 Å². The number of aromatic amines is 1. The van der Waals surface area contributed by atoms with Gasteiger partial charge < -0.3 is 14.8 Å². The Kier molecular flexibility index (Phi) is 5.24. The molecule has 5 heteroatoms. The highest BCUT2D eigenvalue weighted by atomic mass is 16.1. The van der Waals surface area contributed by atoms with Crippen LogP contribution in [0, 0.1) is 6.92 Å². The van der Waals surface area contributed by atoms with Crippen LogP contribution in [-0.2, 0) is 0 Å². The molecule has 2 heterocycles. The summed E-state index contributed by atoms with van der Waals surface area (Å²) in [6.45, 7) is 9.27. The minimum Gasteiger partial charge on any atom is -0.360 e. The maximum absolute atomic E-state index is 13.3. The monoisotopic (exact) mass is 390 g/mol. The summed E-state index contributed by atoms with van der Waals surface area (Å²) >= 11 is 0. The first-order chi connectivity index (χ1) is 14.0. The van der Waals surface area contributed by atoms with Gasteiger partial charge in [0.25, 0.3) is 0 Å². The average Bonchev–Trinajstić information content (AvgIpc) is 3.08. The molecule has 1 aliphatic rings. The van der Waals surface area contributed by atoms with E-state index in [4.69, 9.17) is 0 Å². The molecule has 150 valence electrons. The summed E-state index contributed by atoms with van der Waals surface area (Å²) in [4.78, 5) is 31.8. The molecule has 1 aromatic heterocycles. The van der Waals surface area contributed by atoms with Crippen LogP contribution in [0.2, 0.25) is 0 Å². The van der Waals surface area contributed by atoms with Crippen LogP contribution in [0.1, 0.15) is 40.3 Å². The molecule has 0 unspecified atom stereocenters. The molecule has 1 aliphatic heterocycles. The van der Waals surface area contributed by atoms with Gasteiger partial charge in [0, 0.05) is 27.8 Å². The smallest absolute Gasteiger partial charge is 0.222 e. The number of benzene rings is 2. The third-order valence-electron chi connectivity index (χ3n) is 6.19. The minimum atomic E-state index is -0.0739. The molecule has 0 spiro atoms. The third kappa shape index (κ3) is 3.70. The topological polar surface area (TPSA) is 57.6 Å². The van der Waals surface area contributed by atoms with E-state index in [1.54, 1.807) is 6.92 Å². The van der Waals surface area contributed by atoms with E-state index >= 15 is 0 Å². The lowest BCUT2D eigenvalue weighted by atomic mass is 10.0.